The predicted octanol–water partition coefficient (Wildman–Crippen LogP) is 4.99. The van der Waals surface area contributed by atoms with E-state index in [9.17, 15) is 28.3 Å². The molecule has 42 heavy (non-hydrogen) atoms. The number of carbonyl (C=O) groups is 3. The minimum absolute atomic E-state index is 0.0965. The Kier molecular flexibility index (Phi) is 9.58. The molecule has 1 aliphatic heterocycles. The van der Waals surface area contributed by atoms with E-state index in [4.69, 9.17) is 4.74 Å². The van der Waals surface area contributed by atoms with Crippen LogP contribution in [-0.4, -0.2) is 71.8 Å². The minimum Gasteiger partial charge on any atom is -0.485 e. The van der Waals surface area contributed by atoms with Crippen LogP contribution in [-0.2, 0) is 0 Å². The third-order valence-corrected chi connectivity index (χ3v) is 6.94. The molecule has 3 aromatic carbocycles. The lowest BCUT2D eigenvalue weighted by Gasteiger charge is -2.38. The van der Waals surface area contributed by atoms with Crippen LogP contribution in [0.2, 0.25) is 0 Å². The number of rotatable bonds is 7. The molecular weight excluding hydrogens is 548 g/mol. The number of nitrogens with one attached hydrogen (secondary N) is 3. The summed E-state index contributed by atoms with van der Waals surface area (Å²) in [6, 6.07) is 13.7. The number of benzene rings is 3. The number of halogens is 2. The lowest BCUT2D eigenvalue weighted by Crippen LogP contribution is -2.50. The molecule has 0 aromatic heterocycles. The maximum absolute atomic E-state index is 13.6. The summed E-state index contributed by atoms with van der Waals surface area (Å²) in [6.45, 7) is 3.66. The minimum atomic E-state index is -0.644. The smallest absolute Gasteiger partial charge is 0.323 e. The van der Waals surface area contributed by atoms with E-state index in [2.05, 4.69) is 16.0 Å². The van der Waals surface area contributed by atoms with Crippen LogP contribution >= 0.6 is 0 Å². The number of fused-ring (bicyclic) bond motifs is 1. The molecule has 3 atom stereocenters. The van der Waals surface area contributed by atoms with E-state index in [1.807, 2.05) is 6.92 Å². The molecule has 222 valence electrons. The van der Waals surface area contributed by atoms with Crippen molar-refractivity contribution in [3.63, 3.8) is 0 Å². The van der Waals surface area contributed by atoms with Gasteiger partial charge in [-0.3, -0.25) is 4.79 Å². The van der Waals surface area contributed by atoms with Crippen molar-refractivity contribution in [2.45, 2.75) is 26.0 Å². The molecule has 12 heteroatoms. The molecule has 0 bridgehead atoms. The molecule has 0 spiro atoms. The van der Waals surface area contributed by atoms with Gasteiger partial charge in [0.1, 0.15) is 17.7 Å². The molecule has 10 nitrogen and oxygen atoms in total. The fourth-order valence-corrected chi connectivity index (χ4v) is 4.48. The van der Waals surface area contributed by atoms with E-state index in [-0.39, 0.29) is 48.5 Å². The van der Waals surface area contributed by atoms with Gasteiger partial charge in [-0.05, 0) is 67.6 Å². The summed E-state index contributed by atoms with van der Waals surface area (Å²) in [6.07, 6.45) is -0.641. The molecule has 0 saturated carbocycles. The van der Waals surface area contributed by atoms with Gasteiger partial charge in [-0.1, -0.05) is 13.0 Å². The van der Waals surface area contributed by atoms with Gasteiger partial charge in [0.05, 0.1) is 30.4 Å². The van der Waals surface area contributed by atoms with Crippen LogP contribution in [0.15, 0.2) is 66.7 Å². The largest absolute Gasteiger partial charge is 0.485 e. The molecule has 0 saturated heterocycles. The van der Waals surface area contributed by atoms with E-state index < -0.39 is 35.8 Å². The van der Waals surface area contributed by atoms with Gasteiger partial charge in [0.15, 0.2) is 5.75 Å². The number of anilines is 3. The lowest BCUT2D eigenvalue weighted by molar-refractivity contribution is 0.0373. The van der Waals surface area contributed by atoms with Crippen LogP contribution in [0.5, 0.6) is 5.75 Å². The number of carbonyl (C=O) groups excluding carboxylic acids is 3. The van der Waals surface area contributed by atoms with Crippen LogP contribution < -0.4 is 20.7 Å². The third-order valence-electron chi connectivity index (χ3n) is 6.94. The SMILES string of the molecule is C[C@H](CO)N1C[C@H](C)[C@@H](CN(C)C(=O)Nc2ccc(F)cc2)Oc2c(NC(=O)Nc3ccc(F)cc3)cccc2C1=O. The summed E-state index contributed by atoms with van der Waals surface area (Å²) in [7, 11) is 1.58. The number of urea groups is 2. The Bertz CT molecular complexity index is 1420. The highest BCUT2D eigenvalue weighted by Crippen LogP contribution is 2.35. The highest BCUT2D eigenvalue weighted by molar-refractivity contribution is 6.04. The molecule has 5 amide bonds. The summed E-state index contributed by atoms with van der Waals surface area (Å²) in [5, 5.41) is 17.9. The number of ether oxygens (including phenoxy) is 1. The second-order valence-electron chi connectivity index (χ2n) is 10.2. The number of aliphatic hydroxyl groups excluding tert-OH is 1. The summed E-state index contributed by atoms with van der Waals surface area (Å²) >= 11 is 0. The van der Waals surface area contributed by atoms with Crippen molar-refractivity contribution < 1.29 is 33.0 Å². The first-order valence-corrected chi connectivity index (χ1v) is 13.4. The van der Waals surface area contributed by atoms with E-state index >= 15 is 0 Å². The zero-order chi connectivity index (χ0) is 30.4. The molecule has 1 aliphatic rings. The van der Waals surface area contributed by atoms with Crippen LogP contribution in [0.3, 0.4) is 0 Å². The van der Waals surface area contributed by atoms with E-state index in [1.54, 1.807) is 37.1 Å². The maximum atomic E-state index is 13.6. The van der Waals surface area contributed by atoms with Crippen LogP contribution in [0, 0.1) is 17.6 Å². The summed E-state index contributed by atoms with van der Waals surface area (Å²) < 4.78 is 32.9. The first-order valence-electron chi connectivity index (χ1n) is 13.4. The second kappa shape index (κ2) is 13.3. The number of amides is 5. The Labute approximate surface area is 242 Å². The molecule has 0 aliphatic carbocycles. The normalized spacial score (nSPS) is 17.2. The van der Waals surface area contributed by atoms with E-state index in [0.29, 0.717) is 11.4 Å². The van der Waals surface area contributed by atoms with Crippen molar-refractivity contribution in [1.82, 2.24) is 9.80 Å². The van der Waals surface area contributed by atoms with Gasteiger partial charge in [0.25, 0.3) is 5.91 Å². The Morgan fingerprint density at radius 3 is 2.19 bits per heavy atom. The van der Waals surface area contributed by atoms with Gasteiger partial charge >= 0.3 is 12.1 Å². The highest BCUT2D eigenvalue weighted by atomic mass is 19.1. The molecule has 1 heterocycles. The molecule has 4 rings (SSSR count). The van der Waals surface area contributed by atoms with Gasteiger partial charge in [0, 0.05) is 30.9 Å². The average molecular weight is 582 g/mol. The fraction of sp³-hybridized carbons (Fsp3) is 0.300. The van der Waals surface area contributed by atoms with Crippen molar-refractivity contribution in [2.24, 2.45) is 5.92 Å². The topological polar surface area (TPSA) is 123 Å². The van der Waals surface area contributed by atoms with Gasteiger partial charge in [-0.15, -0.1) is 0 Å². The summed E-state index contributed by atoms with van der Waals surface area (Å²) in [5.41, 5.74) is 1.14. The Morgan fingerprint density at radius 1 is 1.00 bits per heavy atom. The lowest BCUT2D eigenvalue weighted by atomic mass is 9.99. The van der Waals surface area contributed by atoms with Crippen LogP contribution in [0.1, 0.15) is 24.2 Å². The van der Waals surface area contributed by atoms with Crippen LogP contribution in [0.4, 0.5) is 35.4 Å². The zero-order valence-electron chi connectivity index (χ0n) is 23.4. The molecular formula is C30H33F2N5O5. The fourth-order valence-electron chi connectivity index (χ4n) is 4.48. The second-order valence-corrected chi connectivity index (χ2v) is 10.2. The molecule has 4 N–H and O–H groups in total. The summed E-state index contributed by atoms with van der Waals surface area (Å²) in [4.78, 5) is 42.3. The Morgan fingerprint density at radius 2 is 1.60 bits per heavy atom. The Hall–Kier alpha value is -4.71. The predicted molar refractivity (Wildman–Crippen MR) is 155 cm³/mol. The standard InChI is InChI=1S/C30H33F2N5O5/c1-18-15-37(19(2)17-38)28(39)24-5-4-6-25(35-29(40)33-22-11-7-20(31)8-12-22)27(24)42-26(18)16-36(3)30(41)34-23-13-9-21(32)10-14-23/h4-14,18-19,26,38H,15-17H2,1-3H3,(H,34,41)(H2,33,35,40)/t18-,19+,26+/m0/s1. The quantitative estimate of drug-likeness (QED) is 0.313. The zero-order valence-corrected chi connectivity index (χ0v) is 23.4. The molecule has 0 unspecified atom stereocenters. The first-order chi connectivity index (χ1) is 20.0. The monoisotopic (exact) mass is 581 g/mol. The number of hydrogen-bond acceptors (Lipinski definition) is 5. The highest BCUT2D eigenvalue weighted by Gasteiger charge is 2.35. The van der Waals surface area contributed by atoms with Crippen LogP contribution in [0.25, 0.3) is 0 Å². The number of hydrogen-bond donors (Lipinski definition) is 4. The van der Waals surface area contributed by atoms with E-state index in [1.165, 1.54) is 53.4 Å². The number of para-hydroxylation sites is 1. The van der Waals surface area contributed by atoms with Crippen molar-refractivity contribution >= 4 is 35.0 Å². The number of aliphatic hydroxyl groups is 1. The molecule has 0 fully saturated rings. The van der Waals surface area contributed by atoms with Crippen molar-refractivity contribution in [2.75, 3.05) is 42.7 Å². The van der Waals surface area contributed by atoms with E-state index in [0.717, 1.165) is 0 Å². The van der Waals surface area contributed by atoms with Gasteiger partial charge < -0.3 is 35.6 Å². The average Bonchev–Trinajstić information content (AvgIpc) is 2.97. The van der Waals surface area contributed by atoms with Crippen molar-refractivity contribution in [3.8, 4) is 5.75 Å². The molecule has 0 radical (unpaired) electrons. The van der Waals surface area contributed by atoms with Gasteiger partial charge in [-0.25, -0.2) is 18.4 Å². The summed E-state index contributed by atoms with van der Waals surface area (Å²) in [5.74, 6) is -1.46. The van der Waals surface area contributed by atoms with Crippen molar-refractivity contribution in [3.05, 3.63) is 83.9 Å². The van der Waals surface area contributed by atoms with Crippen molar-refractivity contribution in [1.29, 1.82) is 0 Å². The number of likely N-dealkylation sites (N-methyl/N-ethyl adjacent to an activating group) is 1. The number of nitrogens with zero attached hydrogens (tertiary/aromatic N) is 2. The first kappa shape index (κ1) is 30.3. The Balaban J connectivity index is 1.61. The molecule has 3 aromatic rings. The third kappa shape index (κ3) is 7.32. The van der Waals surface area contributed by atoms with Gasteiger partial charge in [-0.2, -0.15) is 0 Å². The maximum Gasteiger partial charge on any atom is 0.323 e. The van der Waals surface area contributed by atoms with Gasteiger partial charge in [0.2, 0.25) is 0 Å².